The molecule has 0 bridgehead atoms. The maximum Gasteiger partial charge on any atom is 0.318 e. The number of carbonyl (C=O) groups excluding carboxylic acids is 1. The van der Waals surface area contributed by atoms with Crippen molar-refractivity contribution in [1.82, 2.24) is 19.8 Å². The Morgan fingerprint density at radius 1 is 1.16 bits per heavy atom. The molecule has 1 aromatic carbocycles. The third-order valence-electron chi connectivity index (χ3n) is 4.18. The Kier molecular flexibility index (Phi) is 6.07. The predicted molar refractivity (Wildman–Crippen MR) is 98.7 cm³/mol. The molecule has 1 unspecified atom stereocenters. The highest BCUT2D eigenvalue weighted by molar-refractivity contribution is 5.75. The van der Waals surface area contributed by atoms with Crippen LogP contribution in [0.5, 0.6) is 5.75 Å². The summed E-state index contributed by atoms with van der Waals surface area (Å²) in [6, 6.07) is 7.46. The van der Waals surface area contributed by atoms with Crippen LogP contribution in [0.2, 0.25) is 0 Å². The molecular formula is C19H28N4O2. The number of benzene rings is 1. The van der Waals surface area contributed by atoms with Crippen LogP contribution in [0.4, 0.5) is 4.79 Å². The Hall–Kier alpha value is -2.50. The second-order valence-corrected chi connectivity index (χ2v) is 6.65. The first kappa shape index (κ1) is 18.8. The lowest BCUT2D eigenvalue weighted by Crippen LogP contribution is -2.49. The standard InChI is InChI=1S/C19H28N4O2/c1-13(2)23(14(3)4)19(24)21-17(18-20-11-12-22(18)5)15-7-9-16(25-6)10-8-15/h7-14,17H,1-6H3,(H,21,24). The Bertz CT molecular complexity index is 684. The lowest BCUT2D eigenvalue weighted by Gasteiger charge is -2.32. The molecule has 0 fully saturated rings. The largest absolute Gasteiger partial charge is 0.497 e. The number of aromatic nitrogens is 2. The molecule has 136 valence electrons. The summed E-state index contributed by atoms with van der Waals surface area (Å²) in [5, 5.41) is 3.14. The van der Waals surface area contributed by atoms with Gasteiger partial charge in [0.2, 0.25) is 0 Å². The number of imidazole rings is 1. The number of carbonyl (C=O) groups is 1. The van der Waals surface area contributed by atoms with E-state index in [4.69, 9.17) is 4.74 Å². The number of aryl methyl sites for hydroxylation is 1. The van der Waals surface area contributed by atoms with E-state index in [9.17, 15) is 4.79 Å². The van der Waals surface area contributed by atoms with Gasteiger partial charge >= 0.3 is 6.03 Å². The van der Waals surface area contributed by atoms with E-state index < -0.39 is 0 Å². The molecule has 0 aliphatic rings. The first-order chi connectivity index (χ1) is 11.8. The second kappa shape index (κ2) is 8.05. The van der Waals surface area contributed by atoms with E-state index in [1.54, 1.807) is 13.3 Å². The zero-order valence-electron chi connectivity index (χ0n) is 15.9. The fraction of sp³-hybridized carbons (Fsp3) is 0.474. The minimum absolute atomic E-state index is 0.103. The third kappa shape index (κ3) is 4.32. The third-order valence-corrected chi connectivity index (χ3v) is 4.18. The number of hydrogen-bond donors (Lipinski definition) is 1. The Morgan fingerprint density at radius 2 is 1.76 bits per heavy atom. The second-order valence-electron chi connectivity index (χ2n) is 6.65. The van der Waals surface area contributed by atoms with Crippen molar-refractivity contribution >= 4 is 6.03 Å². The van der Waals surface area contributed by atoms with Crippen molar-refractivity contribution in [2.75, 3.05) is 7.11 Å². The molecule has 25 heavy (non-hydrogen) atoms. The monoisotopic (exact) mass is 344 g/mol. The van der Waals surface area contributed by atoms with Crippen LogP contribution >= 0.6 is 0 Å². The molecule has 0 aliphatic carbocycles. The van der Waals surface area contributed by atoms with Crippen molar-refractivity contribution in [1.29, 1.82) is 0 Å². The summed E-state index contributed by atoms with van der Waals surface area (Å²) >= 11 is 0. The molecule has 0 radical (unpaired) electrons. The first-order valence-corrected chi connectivity index (χ1v) is 8.55. The minimum Gasteiger partial charge on any atom is -0.497 e. The maximum absolute atomic E-state index is 12.9. The highest BCUT2D eigenvalue weighted by Crippen LogP contribution is 2.23. The van der Waals surface area contributed by atoms with Gasteiger partial charge in [0.15, 0.2) is 0 Å². The highest BCUT2D eigenvalue weighted by atomic mass is 16.5. The summed E-state index contributed by atoms with van der Waals surface area (Å²) < 4.78 is 7.15. The van der Waals surface area contributed by atoms with Gasteiger partial charge in [-0.2, -0.15) is 0 Å². The lowest BCUT2D eigenvalue weighted by molar-refractivity contribution is 0.162. The fourth-order valence-electron chi connectivity index (χ4n) is 3.01. The molecule has 2 aromatic rings. The van der Waals surface area contributed by atoms with Gasteiger partial charge in [0, 0.05) is 31.5 Å². The van der Waals surface area contributed by atoms with Crippen molar-refractivity contribution in [3.05, 3.63) is 48.0 Å². The Morgan fingerprint density at radius 3 is 2.20 bits per heavy atom. The molecule has 0 spiro atoms. The number of nitrogens with zero attached hydrogens (tertiary/aromatic N) is 3. The van der Waals surface area contributed by atoms with Crippen LogP contribution < -0.4 is 10.1 Å². The van der Waals surface area contributed by atoms with Crippen LogP contribution in [0.3, 0.4) is 0 Å². The van der Waals surface area contributed by atoms with Crippen LogP contribution in [0.15, 0.2) is 36.7 Å². The van der Waals surface area contributed by atoms with E-state index in [-0.39, 0.29) is 24.2 Å². The van der Waals surface area contributed by atoms with Crippen molar-refractivity contribution in [2.45, 2.75) is 45.8 Å². The summed E-state index contributed by atoms with van der Waals surface area (Å²) in [7, 11) is 3.56. The SMILES string of the molecule is COc1ccc(C(NC(=O)N(C(C)C)C(C)C)c2nccn2C)cc1. The van der Waals surface area contributed by atoms with Crippen molar-refractivity contribution in [2.24, 2.45) is 7.05 Å². The molecule has 0 saturated carbocycles. The molecule has 6 heteroatoms. The van der Waals surface area contributed by atoms with Crippen molar-refractivity contribution in [3.63, 3.8) is 0 Å². The molecule has 0 saturated heterocycles. The van der Waals surface area contributed by atoms with Gasteiger partial charge in [-0.25, -0.2) is 9.78 Å². The van der Waals surface area contributed by atoms with Crippen LogP contribution in [0.1, 0.15) is 45.1 Å². The molecule has 1 atom stereocenters. The number of hydrogen-bond acceptors (Lipinski definition) is 3. The van der Waals surface area contributed by atoms with E-state index in [1.165, 1.54) is 0 Å². The average molecular weight is 344 g/mol. The summed E-state index contributed by atoms with van der Waals surface area (Å²) in [5.74, 6) is 1.56. The average Bonchev–Trinajstić information content (AvgIpc) is 2.98. The smallest absolute Gasteiger partial charge is 0.318 e. The summed E-state index contributed by atoms with van der Waals surface area (Å²) in [6.07, 6.45) is 3.61. The van der Waals surface area contributed by atoms with Crippen molar-refractivity contribution in [3.8, 4) is 5.75 Å². The van der Waals surface area contributed by atoms with Gasteiger partial charge in [-0.3, -0.25) is 0 Å². The van der Waals surface area contributed by atoms with E-state index >= 15 is 0 Å². The zero-order valence-corrected chi connectivity index (χ0v) is 15.9. The van der Waals surface area contributed by atoms with Crippen molar-refractivity contribution < 1.29 is 9.53 Å². The van der Waals surface area contributed by atoms with Crippen LogP contribution in [-0.4, -0.2) is 39.7 Å². The van der Waals surface area contributed by atoms with Gasteiger partial charge < -0.3 is 19.5 Å². The normalized spacial score (nSPS) is 12.3. The van der Waals surface area contributed by atoms with E-state index in [2.05, 4.69) is 10.3 Å². The lowest BCUT2D eigenvalue weighted by atomic mass is 10.1. The van der Waals surface area contributed by atoms with Gasteiger partial charge in [-0.05, 0) is 45.4 Å². The fourth-order valence-corrected chi connectivity index (χ4v) is 3.01. The van der Waals surface area contributed by atoms with Gasteiger partial charge in [0.1, 0.15) is 17.6 Å². The van der Waals surface area contributed by atoms with Gasteiger partial charge in [0.25, 0.3) is 0 Å². The van der Waals surface area contributed by atoms with E-state index in [0.29, 0.717) is 0 Å². The minimum atomic E-state index is -0.335. The first-order valence-electron chi connectivity index (χ1n) is 8.55. The number of nitrogens with one attached hydrogen (secondary N) is 1. The predicted octanol–water partition coefficient (Wildman–Crippen LogP) is 3.35. The summed E-state index contributed by atoms with van der Waals surface area (Å²) in [4.78, 5) is 19.2. The summed E-state index contributed by atoms with van der Waals surface area (Å²) in [5.41, 5.74) is 0.955. The molecule has 1 heterocycles. The Labute approximate surface area is 149 Å². The van der Waals surface area contributed by atoms with E-state index in [1.807, 2.05) is 74.7 Å². The molecule has 2 rings (SSSR count). The molecule has 1 N–H and O–H groups in total. The maximum atomic E-state index is 12.9. The molecule has 1 aromatic heterocycles. The van der Waals surface area contributed by atoms with Crippen LogP contribution in [0, 0.1) is 0 Å². The van der Waals surface area contributed by atoms with E-state index in [0.717, 1.165) is 17.1 Å². The number of amides is 2. The topological polar surface area (TPSA) is 59.4 Å². The number of methoxy groups -OCH3 is 1. The number of urea groups is 1. The molecule has 6 nitrogen and oxygen atoms in total. The molecule has 0 aliphatic heterocycles. The van der Waals surface area contributed by atoms with Gasteiger partial charge in [0.05, 0.1) is 7.11 Å². The number of ether oxygens (including phenoxy) is 1. The quantitative estimate of drug-likeness (QED) is 0.874. The van der Waals surface area contributed by atoms with Gasteiger partial charge in [-0.15, -0.1) is 0 Å². The van der Waals surface area contributed by atoms with Crippen LogP contribution in [0.25, 0.3) is 0 Å². The summed E-state index contributed by atoms with van der Waals surface area (Å²) in [6.45, 7) is 8.07. The molecular weight excluding hydrogens is 316 g/mol. The zero-order chi connectivity index (χ0) is 18.6. The Balaban J connectivity index is 2.35. The van der Waals surface area contributed by atoms with Crippen LogP contribution in [-0.2, 0) is 7.05 Å². The molecule has 2 amide bonds. The highest BCUT2D eigenvalue weighted by Gasteiger charge is 2.26. The van der Waals surface area contributed by atoms with Gasteiger partial charge in [-0.1, -0.05) is 12.1 Å². The number of rotatable bonds is 6.